The molecular weight excluding hydrogens is 263 g/mol. The third kappa shape index (κ3) is 2.07. The molecule has 0 N–H and O–H groups in total. The Morgan fingerprint density at radius 2 is 1.80 bits per heavy atom. The molecule has 5 heteroatoms. The Hall–Kier alpha value is -1.91. The zero-order chi connectivity index (χ0) is 15.0. The highest BCUT2D eigenvalue weighted by Gasteiger charge is 2.57. The van der Waals surface area contributed by atoms with Crippen LogP contribution in [0.3, 0.4) is 0 Å². The molecule has 0 bridgehead atoms. The van der Waals surface area contributed by atoms with E-state index in [2.05, 4.69) is 0 Å². The van der Waals surface area contributed by atoms with Crippen LogP contribution in [-0.2, 0) is 16.0 Å². The van der Waals surface area contributed by atoms with E-state index in [-0.39, 0.29) is 19.3 Å². The lowest BCUT2D eigenvalue weighted by Gasteiger charge is -2.45. The van der Waals surface area contributed by atoms with E-state index in [1.165, 1.54) is 6.92 Å². The molecular formula is C15H15FO4-2. The van der Waals surface area contributed by atoms with E-state index >= 15 is 0 Å². The average molecular weight is 278 g/mol. The summed E-state index contributed by atoms with van der Waals surface area (Å²) in [5.74, 6) is -3.08. The zero-order valence-corrected chi connectivity index (χ0v) is 11.1. The normalized spacial score (nSPS) is 33.0. The van der Waals surface area contributed by atoms with Crippen LogP contribution in [0.5, 0.6) is 0 Å². The van der Waals surface area contributed by atoms with Crippen molar-refractivity contribution in [1.29, 1.82) is 0 Å². The lowest BCUT2D eigenvalue weighted by Crippen LogP contribution is -2.57. The number of carboxylic acid groups (broad SMARTS) is 2. The van der Waals surface area contributed by atoms with Gasteiger partial charge in [0.05, 0.1) is 0 Å². The van der Waals surface area contributed by atoms with Gasteiger partial charge in [-0.3, -0.25) is 0 Å². The maximum Gasteiger partial charge on any atom is 0.102 e. The minimum Gasteiger partial charge on any atom is -0.550 e. The molecule has 1 saturated carbocycles. The third-order valence-corrected chi connectivity index (χ3v) is 4.45. The summed E-state index contributed by atoms with van der Waals surface area (Å²) in [6.45, 7) is 1.24. The predicted molar refractivity (Wildman–Crippen MR) is 64.8 cm³/mol. The number of carboxylic acids is 2. The van der Waals surface area contributed by atoms with Gasteiger partial charge in [-0.1, -0.05) is 37.3 Å². The van der Waals surface area contributed by atoms with E-state index < -0.39 is 28.9 Å². The summed E-state index contributed by atoms with van der Waals surface area (Å²) in [7, 11) is 0. The minimum atomic E-state index is -1.79. The number of hydrogen-bond acceptors (Lipinski definition) is 4. The van der Waals surface area contributed by atoms with E-state index in [1.54, 1.807) is 30.3 Å². The van der Waals surface area contributed by atoms with Gasteiger partial charge in [0.15, 0.2) is 0 Å². The minimum absolute atomic E-state index is 0.0823. The summed E-state index contributed by atoms with van der Waals surface area (Å²) in [5.41, 5.74) is -2.92. The van der Waals surface area contributed by atoms with E-state index in [9.17, 15) is 24.2 Å². The summed E-state index contributed by atoms with van der Waals surface area (Å²) in [4.78, 5) is 23.0. The molecule has 0 amide bonds. The molecule has 4 nitrogen and oxygen atoms in total. The number of benzene rings is 1. The molecule has 0 saturated heterocycles. The Balaban J connectivity index is 2.48. The van der Waals surface area contributed by atoms with Crippen molar-refractivity contribution < 1.29 is 24.2 Å². The largest absolute Gasteiger partial charge is 0.550 e. The van der Waals surface area contributed by atoms with Gasteiger partial charge in [0.1, 0.15) is 6.17 Å². The molecule has 108 valence electrons. The first-order valence-corrected chi connectivity index (χ1v) is 6.43. The maximum atomic E-state index is 13.8. The lowest BCUT2D eigenvalue weighted by molar-refractivity contribution is -0.341. The van der Waals surface area contributed by atoms with E-state index in [0.29, 0.717) is 5.56 Å². The third-order valence-electron chi connectivity index (χ3n) is 4.45. The Morgan fingerprint density at radius 3 is 2.30 bits per heavy atom. The first-order valence-electron chi connectivity index (χ1n) is 6.43. The van der Waals surface area contributed by atoms with Crippen molar-refractivity contribution in [3.05, 3.63) is 35.9 Å². The fraction of sp³-hybridized carbons (Fsp3) is 0.467. The molecule has 2 rings (SSSR count). The quantitative estimate of drug-likeness (QED) is 0.767. The monoisotopic (exact) mass is 278 g/mol. The van der Waals surface area contributed by atoms with Crippen molar-refractivity contribution in [2.75, 3.05) is 0 Å². The van der Waals surface area contributed by atoms with Crippen LogP contribution < -0.4 is 10.2 Å². The molecule has 2 unspecified atom stereocenters. The molecule has 20 heavy (non-hydrogen) atoms. The zero-order valence-electron chi connectivity index (χ0n) is 11.1. The highest BCUT2D eigenvalue weighted by molar-refractivity contribution is 5.85. The molecule has 1 aromatic rings. The molecule has 0 radical (unpaired) electrons. The summed E-state index contributed by atoms with van der Waals surface area (Å²) >= 11 is 0. The number of hydrogen-bond donors (Lipinski definition) is 0. The first kappa shape index (κ1) is 14.5. The Morgan fingerprint density at radius 1 is 1.20 bits per heavy atom. The summed E-state index contributed by atoms with van der Waals surface area (Å²) in [6.07, 6.45) is -2.30. The van der Waals surface area contributed by atoms with Gasteiger partial charge in [-0.05, 0) is 24.8 Å². The first-order chi connectivity index (χ1) is 9.32. The van der Waals surface area contributed by atoms with Gasteiger partial charge in [0.25, 0.3) is 0 Å². The van der Waals surface area contributed by atoms with E-state index in [1.807, 2.05) is 0 Å². The highest BCUT2D eigenvalue weighted by atomic mass is 19.1. The van der Waals surface area contributed by atoms with Gasteiger partial charge in [-0.25, -0.2) is 4.39 Å². The Bertz CT molecular complexity index is 530. The molecule has 1 fully saturated rings. The SMILES string of the molecule is CC1(C(=O)[O-])C[C@H](F)CC1(Cc1ccccc1)C(=O)[O-]. The topological polar surface area (TPSA) is 80.3 Å². The standard InChI is InChI=1S/C15H17FO4/c1-14(12(17)18)8-11(16)9-15(14,13(19)20)7-10-5-3-2-4-6-10/h2-6,11H,7-9H2,1H3,(H,17,18)(H,19,20)/p-2/t11-,14?,15?/m0/s1. The maximum absolute atomic E-state index is 13.8. The summed E-state index contributed by atoms with van der Waals surface area (Å²) in [6, 6.07) is 8.57. The smallest absolute Gasteiger partial charge is 0.102 e. The van der Waals surface area contributed by atoms with Gasteiger partial charge in [-0.15, -0.1) is 0 Å². The Kier molecular flexibility index (Phi) is 3.54. The van der Waals surface area contributed by atoms with Gasteiger partial charge >= 0.3 is 0 Å². The van der Waals surface area contributed by atoms with Crippen LogP contribution in [0.1, 0.15) is 25.3 Å². The van der Waals surface area contributed by atoms with Crippen molar-refractivity contribution >= 4 is 11.9 Å². The highest BCUT2D eigenvalue weighted by Crippen LogP contribution is 2.55. The van der Waals surface area contributed by atoms with Crippen LogP contribution in [0.25, 0.3) is 0 Å². The number of halogens is 1. The van der Waals surface area contributed by atoms with Crippen LogP contribution in [0.15, 0.2) is 30.3 Å². The lowest BCUT2D eigenvalue weighted by atomic mass is 9.63. The number of rotatable bonds is 4. The van der Waals surface area contributed by atoms with Gasteiger partial charge < -0.3 is 19.8 Å². The molecule has 1 aliphatic carbocycles. The number of carbonyl (C=O) groups is 2. The van der Waals surface area contributed by atoms with Crippen molar-refractivity contribution in [2.45, 2.75) is 32.4 Å². The number of alkyl halides is 1. The summed E-state index contributed by atoms with van der Waals surface area (Å²) in [5, 5.41) is 23.0. The second-order valence-corrected chi connectivity index (χ2v) is 5.66. The van der Waals surface area contributed by atoms with Crippen molar-refractivity contribution in [2.24, 2.45) is 10.8 Å². The van der Waals surface area contributed by atoms with Gasteiger partial charge in [0.2, 0.25) is 0 Å². The van der Waals surface area contributed by atoms with Crippen LogP contribution in [0.4, 0.5) is 4.39 Å². The molecule has 3 atom stereocenters. The molecule has 0 aromatic heterocycles. The van der Waals surface area contributed by atoms with Crippen molar-refractivity contribution in [3.8, 4) is 0 Å². The van der Waals surface area contributed by atoms with Gasteiger partial charge in [-0.2, -0.15) is 0 Å². The van der Waals surface area contributed by atoms with Crippen molar-refractivity contribution in [1.82, 2.24) is 0 Å². The molecule has 0 aliphatic heterocycles. The van der Waals surface area contributed by atoms with Crippen LogP contribution >= 0.6 is 0 Å². The van der Waals surface area contributed by atoms with Crippen molar-refractivity contribution in [3.63, 3.8) is 0 Å². The summed E-state index contributed by atoms with van der Waals surface area (Å²) < 4.78 is 13.8. The van der Waals surface area contributed by atoms with E-state index in [0.717, 1.165) is 0 Å². The fourth-order valence-electron chi connectivity index (χ4n) is 3.18. The predicted octanol–water partition coefficient (Wildman–Crippen LogP) is -0.147. The second kappa shape index (κ2) is 4.89. The molecule has 1 aromatic carbocycles. The van der Waals surface area contributed by atoms with E-state index in [4.69, 9.17) is 0 Å². The van der Waals surface area contributed by atoms with Crippen LogP contribution in [0, 0.1) is 10.8 Å². The molecule has 0 heterocycles. The number of carbonyl (C=O) groups excluding carboxylic acids is 2. The van der Waals surface area contributed by atoms with Crippen LogP contribution in [-0.4, -0.2) is 18.1 Å². The van der Waals surface area contributed by atoms with Gasteiger partial charge in [0, 0.05) is 22.8 Å². The average Bonchev–Trinajstić information content (AvgIpc) is 2.64. The Labute approximate surface area is 116 Å². The molecule has 0 spiro atoms. The number of aliphatic carboxylic acids is 2. The molecule has 1 aliphatic rings. The fourth-order valence-corrected chi connectivity index (χ4v) is 3.18. The second-order valence-electron chi connectivity index (χ2n) is 5.66. The van der Waals surface area contributed by atoms with Crippen LogP contribution in [0.2, 0.25) is 0 Å².